The first-order valence-electron chi connectivity index (χ1n) is 8.44. The number of carboxylic acid groups (broad SMARTS) is 1. The molecule has 3 rings (SSSR count). The van der Waals surface area contributed by atoms with Crippen molar-refractivity contribution in [2.75, 3.05) is 12.4 Å². The minimum Gasteiger partial charge on any atom is -0.497 e. The normalized spacial score (nSPS) is 10.3. The van der Waals surface area contributed by atoms with E-state index in [0.717, 1.165) is 15.7 Å². The summed E-state index contributed by atoms with van der Waals surface area (Å²) in [4.78, 5) is 35.1. The van der Waals surface area contributed by atoms with Crippen molar-refractivity contribution in [3.8, 4) is 16.9 Å². The maximum absolute atomic E-state index is 12.6. The Labute approximate surface area is 160 Å². The quantitative estimate of drug-likeness (QED) is 0.687. The van der Waals surface area contributed by atoms with E-state index in [-0.39, 0.29) is 5.91 Å². The van der Waals surface area contributed by atoms with Crippen LogP contribution in [0.5, 0.6) is 5.75 Å². The smallest absolute Gasteiger partial charge is 0.323 e. The van der Waals surface area contributed by atoms with Gasteiger partial charge in [0.1, 0.15) is 12.3 Å². The van der Waals surface area contributed by atoms with Gasteiger partial charge in [-0.15, -0.1) is 0 Å². The predicted molar refractivity (Wildman–Crippen MR) is 105 cm³/mol. The van der Waals surface area contributed by atoms with Crippen molar-refractivity contribution in [2.45, 2.75) is 6.54 Å². The van der Waals surface area contributed by atoms with Gasteiger partial charge < -0.3 is 19.7 Å². The average molecular weight is 378 g/mol. The molecule has 7 nitrogen and oxygen atoms in total. The third kappa shape index (κ3) is 4.45. The Balaban J connectivity index is 1.84. The van der Waals surface area contributed by atoms with E-state index >= 15 is 0 Å². The van der Waals surface area contributed by atoms with E-state index < -0.39 is 18.1 Å². The van der Waals surface area contributed by atoms with Gasteiger partial charge in [-0.1, -0.05) is 24.3 Å². The van der Waals surface area contributed by atoms with Gasteiger partial charge in [0.25, 0.3) is 11.5 Å². The molecule has 0 bridgehead atoms. The number of benzene rings is 2. The zero-order valence-electron chi connectivity index (χ0n) is 15.1. The van der Waals surface area contributed by atoms with Crippen LogP contribution in [-0.4, -0.2) is 28.7 Å². The zero-order valence-corrected chi connectivity index (χ0v) is 15.1. The van der Waals surface area contributed by atoms with Crippen LogP contribution >= 0.6 is 0 Å². The number of carbonyl (C=O) groups is 2. The summed E-state index contributed by atoms with van der Waals surface area (Å²) in [6.07, 6.45) is 1.31. The summed E-state index contributed by atoms with van der Waals surface area (Å²) in [6.45, 7) is -0.478. The van der Waals surface area contributed by atoms with Crippen molar-refractivity contribution in [3.05, 3.63) is 82.8 Å². The maximum Gasteiger partial charge on any atom is 0.323 e. The minimum atomic E-state index is -1.14. The summed E-state index contributed by atoms with van der Waals surface area (Å²) in [5.41, 5.74) is 2.06. The molecule has 0 unspecified atom stereocenters. The van der Waals surface area contributed by atoms with E-state index in [1.807, 2.05) is 30.3 Å². The van der Waals surface area contributed by atoms with Gasteiger partial charge in [-0.25, -0.2) is 0 Å². The highest BCUT2D eigenvalue weighted by molar-refractivity contribution is 6.04. The van der Waals surface area contributed by atoms with Gasteiger partial charge in [-0.05, 0) is 41.5 Å². The van der Waals surface area contributed by atoms with Gasteiger partial charge in [-0.3, -0.25) is 14.4 Å². The molecule has 0 aliphatic rings. The molecule has 0 aliphatic heterocycles. The third-order valence-electron chi connectivity index (χ3n) is 4.07. The number of ether oxygens (including phenoxy) is 1. The highest BCUT2D eigenvalue weighted by Gasteiger charge is 2.10. The number of rotatable bonds is 6. The summed E-state index contributed by atoms with van der Waals surface area (Å²) in [5, 5.41) is 11.5. The molecule has 0 spiro atoms. The summed E-state index contributed by atoms with van der Waals surface area (Å²) >= 11 is 0. The molecule has 1 amide bonds. The second kappa shape index (κ2) is 8.22. The summed E-state index contributed by atoms with van der Waals surface area (Å²) in [5.74, 6) is -0.796. The number of aromatic nitrogens is 1. The molecule has 0 aliphatic carbocycles. The molecule has 0 fully saturated rings. The second-order valence-electron chi connectivity index (χ2n) is 6.04. The molecular weight excluding hydrogens is 360 g/mol. The molecule has 1 heterocycles. The molecular formula is C21H18N2O5. The fourth-order valence-corrected chi connectivity index (χ4v) is 2.72. The Morgan fingerprint density at radius 3 is 2.46 bits per heavy atom. The van der Waals surface area contributed by atoms with Gasteiger partial charge in [-0.2, -0.15) is 0 Å². The molecule has 0 radical (unpaired) electrons. The fraction of sp³-hybridized carbons (Fsp3) is 0.0952. The number of carboxylic acids is 1. The van der Waals surface area contributed by atoms with Crippen LogP contribution < -0.4 is 15.6 Å². The Bertz CT molecular complexity index is 1090. The van der Waals surface area contributed by atoms with E-state index in [9.17, 15) is 14.4 Å². The molecule has 142 valence electrons. The van der Waals surface area contributed by atoms with Crippen LogP contribution in [0.3, 0.4) is 0 Å². The largest absolute Gasteiger partial charge is 0.497 e. The van der Waals surface area contributed by atoms with Crippen molar-refractivity contribution < 1.29 is 19.4 Å². The second-order valence-corrected chi connectivity index (χ2v) is 6.04. The zero-order chi connectivity index (χ0) is 20.1. The Morgan fingerprint density at radius 1 is 1.04 bits per heavy atom. The molecule has 2 N–H and O–H groups in total. The van der Waals surface area contributed by atoms with Gasteiger partial charge in [0.15, 0.2) is 0 Å². The molecule has 3 aromatic rings. The number of methoxy groups -OCH3 is 1. The van der Waals surface area contributed by atoms with Crippen LogP contribution in [0.15, 0.2) is 71.7 Å². The first-order valence-corrected chi connectivity index (χ1v) is 8.44. The number of pyridine rings is 1. The number of nitrogens with one attached hydrogen (secondary N) is 1. The molecule has 0 atom stereocenters. The number of aliphatic carboxylic acids is 1. The number of nitrogens with zero attached hydrogens (tertiary/aromatic N) is 1. The van der Waals surface area contributed by atoms with Crippen LogP contribution in [0.25, 0.3) is 11.1 Å². The predicted octanol–water partition coefficient (Wildman–Crippen LogP) is 2.86. The lowest BCUT2D eigenvalue weighted by atomic mass is 10.0. The molecule has 2 aromatic carbocycles. The van der Waals surface area contributed by atoms with Gasteiger partial charge in [0.2, 0.25) is 0 Å². The van der Waals surface area contributed by atoms with Crippen molar-refractivity contribution >= 4 is 17.6 Å². The van der Waals surface area contributed by atoms with Crippen LogP contribution in [0.1, 0.15) is 10.4 Å². The summed E-state index contributed by atoms with van der Waals surface area (Å²) in [6, 6.07) is 17.2. The van der Waals surface area contributed by atoms with Crippen molar-refractivity contribution in [2.24, 2.45) is 0 Å². The van der Waals surface area contributed by atoms with Crippen LogP contribution in [-0.2, 0) is 11.3 Å². The highest BCUT2D eigenvalue weighted by atomic mass is 16.5. The van der Waals surface area contributed by atoms with Crippen molar-refractivity contribution in [1.29, 1.82) is 0 Å². The van der Waals surface area contributed by atoms with Gasteiger partial charge >= 0.3 is 5.97 Å². The monoisotopic (exact) mass is 378 g/mol. The third-order valence-corrected chi connectivity index (χ3v) is 4.07. The van der Waals surface area contributed by atoms with Crippen molar-refractivity contribution in [3.63, 3.8) is 0 Å². The van der Waals surface area contributed by atoms with E-state index in [4.69, 9.17) is 9.84 Å². The average Bonchev–Trinajstić information content (AvgIpc) is 2.70. The summed E-state index contributed by atoms with van der Waals surface area (Å²) in [7, 11) is 1.59. The minimum absolute atomic E-state index is 0.331. The lowest BCUT2D eigenvalue weighted by Gasteiger charge is -2.10. The van der Waals surface area contributed by atoms with E-state index in [2.05, 4.69) is 5.32 Å². The first kappa shape index (κ1) is 18.9. The Kier molecular flexibility index (Phi) is 5.55. The number of anilines is 1. The SMILES string of the molecule is COc1cccc(-c2cccc(C(=O)Nc3ccc(=O)n(CC(=O)O)c3)c2)c1. The molecule has 28 heavy (non-hydrogen) atoms. The van der Waals surface area contributed by atoms with E-state index in [1.54, 1.807) is 25.3 Å². The lowest BCUT2D eigenvalue weighted by Crippen LogP contribution is -2.24. The number of carbonyl (C=O) groups excluding carboxylic acids is 1. The standard InChI is InChI=1S/C21H18N2O5/c1-28-18-7-3-5-15(11-18)14-4-2-6-16(10-14)21(27)22-17-8-9-19(24)23(12-17)13-20(25)26/h2-12H,13H2,1H3,(H,22,27)(H,25,26). The number of amides is 1. The van der Waals surface area contributed by atoms with E-state index in [1.165, 1.54) is 18.3 Å². The molecule has 1 aromatic heterocycles. The van der Waals surface area contributed by atoms with Gasteiger partial charge in [0.05, 0.1) is 12.8 Å². The van der Waals surface area contributed by atoms with Crippen LogP contribution in [0.2, 0.25) is 0 Å². The first-order chi connectivity index (χ1) is 13.5. The topological polar surface area (TPSA) is 97.6 Å². The number of hydrogen-bond acceptors (Lipinski definition) is 4. The van der Waals surface area contributed by atoms with Crippen LogP contribution in [0.4, 0.5) is 5.69 Å². The highest BCUT2D eigenvalue weighted by Crippen LogP contribution is 2.24. The van der Waals surface area contributed by atoms with Crippen LogP contribution in [0, 0.1) is 0 Å². The summed E-state index contributed by atoms with van der Waals surface area (Å²) < 4.78 is 6.25. The fourth-order valence-electron chi connectivity index (χ4n) is 2.72. The van der Waals surface area contributed by atoms with Crippen molar-refractivity contribution in [1.82, 2.24) is 4.57 Å². The number of hydrogen-bond donors (Lipinski definition) is 2. The Hall–Kier alpha value is -3.87. The Morgan fingerprint density at radius 2 is 1.75 bits per heavy atom. The molecule has 7 heteroatoms. The molecule has 0 saturated carbocycles. The lowest BCUT2D eigenvalue weighted by molar-refractivity contribution is -0.137. The van der Waals surface area contributed by atoms with Gasteiger partial charge in [0, 0.05) is 17.8 Å². The van der Waals surface area contributed by atoms with E-state index in [0.29, 0.717) is 17.0 Å². The maximum atomic E-state index is 12.6. The molecule has 0 saturated heterocycles.